The van der Waals surface area contributed by atoms with Crippen molar-refractivity contribution in [1.82, 2.24) is 0 Å². The van der Waals surface area contributed by atoms with Crippen molar-refractivity contribution in [3.63, 3.8) is 0 Å². The average molecular weight is 428 g/mol. The molecule has 0 atom stereocenters. The largest absolute Gasteiger partial charge is 2.00 e. The summed E-state index contributed by atoms with van der Waals surface area (Å²) in [7, 11) is 1.39. The fraction of sp³-hybridized carbons (Fsp3) is 0.0455. The number of ether oxygens (including phenoxy) is 1. The molecule has 0 aliphatic rings. The van der Waals surface area contributed by atoms with Crippen LogP contribution in [0.5, 0.6) is 0 Å². The molecule has 2 nitrogen and oxygen atoms in total. The van der Waals surface area contributed by atoms with Crippen molar-refractivity contribution in [2.24, 2.45) is 0 Å². The fourth-order valence-corrected chi connectivity index (χ4v) is 2.15. The van der Waals surface area contributed by atoms with Gasteiger partial charge in [0.05, 0.1) is 7.11 Å². The molecule has 0 unspecified atom stereocenters. The van der Waals surface area contributed by atoms with Gasteiger partial charge in [-0.05, 0) is 0 Å². The van der Waals surface area contributed by atoms with E-state index in [2.05, 4.69) is 0 Å². The van der Waals surface area contributed by atoms with Gasteiger partial charge in [0.15, 0.2) is 0 Å². The second-order valence-electron chi connectivity index (χ2n) is 4.94. The second-order valence-corrected chi connectivity index (χ2v) is 4.94. The van der Waals surface area contributed by atoms with Crippen LogP contribution in [-0.2, 0) is 38.9 Å². The summed E-state index contributed by atoms with van der Waals surface area (Å²) in [6.45, 7) is 0. The van der Waals surface area contributed by atoms with Crippen molar-refractivity contribution in [2.45, 2.75) is 0 Å². The standard InChI is InChI=1S/C12H10O2.2C5H5.2Fe/c1-14-12(13)11-8-4-7-10(11)9-5-2-3-6-9;2*1-2-4-5-3-1;;/h2-8H,1H3;2*1-5H;;/q-2;2*-1;2*+2. The number of hydrogen-bond acceptors (Lipinski definition) is 2. The predicted molar refractivity (Wildman–Crippen MR) is 98.5 cm³/mol. The maximum Gasteiger partial charge on any atom is 2.00 e. The molecule has 4 aromatic carbocycles. The van der Waals surface area contributed by atoms with Gasteiger partial charge in [0, 0.05) is 0 Å². The van der Waals surface area contributed by atoms with Gasteiger partial charge < -0.3 is 4.74 Å². The van der Waals surface area contributed by atoms with Gasteiger partial charge in [-0.25, -0.2) is 36.4 Å². The third-order valence-electron chi connectivity index (χ3n) is 3.31. The number of carbonyl (C=O) groups excluding carboxylic acids is 1. The molecule has 26 heavy (non-hydrogen) atoms. The van der Waals surface area contributed by atoms with E-state index in [1.807, 2.05) is 97.1 Å². The van der Waals surface area contributed by atoms with E-state index in [1.54, 1.807) is 6.07 Å². The zero-order valence-corrected chi connectivity index (χ0v) is 16.5. The third-order valence-corrected chi connectivity index (χ3v) is 3.31. The Bertz CT molecular complexity index is 704. The van der Waals surface area contributed by atoms with E-state index in [-0.39, 0.29) is 40.1 Å². The van der Waals surface area contributed by atoms with Crippen molar-refractivity contribution < 1.29 is 43.7 Å². The molecule has 0 aliphatic heterocycles. The second kappa shape index (κ2) is 14.1. The zero-order valence-electron chi connectivity index (χ0n) is 14.3. The summed E-state index contributed by atoms with van der Waals surface area (Å²) >= 11 is 0. The molecule has 4 heteroatoms. The SMILES string of the molecule is COC(=O)c1cc[cH-]c1-[c-]1cccc1.[Fe+2].[Fe+2].c1cc[cH-]c1.c1cc[cH-]c1. The van der Waals surface area contributed by atoms with Gasteiger partial charge in [-0.15, -0.1) is 12.1 Å². The molecular formula is C22H20Fe2O2. The molecule has 0 spiro atoms. The maximum atomic E-state index is 11.4. The van der Waals surface area contributed by atoms with E-state index in [1.165, 1.54) is 7.11 Å². The number of carbonyl (C=O) groups is 1. The molecule has 0 radical (unpaired) electrons. The first-order valence-corrected chi connectivity index (χ1v) is 7.72. The molecule has 0 N–H and O–H groups in total. The Balaban J connectivity index is 0.000000432. The molecule has 0 fully saturated rings. The van der Waals surface area contributed by atoms with Crippen molar-refractivity contribution in [3.8, 4) is 11.1 Å². The Labute approximate surface area is 176 Å². The first-order valence-electron chi connectivity index (χ1n) is 7.72. The Morgan fingerprint density at radius 1 is 0.846 bits per heavy atom. The van der Waals surface area contributed by atoms with Crippen LogP contribution in [0.15, 0.2) is 103 Å². The van der Waals surface area contributed by atoms with Gasteiger partial charge in [-0.1, -0.05) is 12.1 Å². The van der Waals surface area contributed by atoms with Crippen LogP contribution in [0.2, 0.25) is 0 Å². The normalized spacial score (nSPS) is 8.50. The number of hydrogen-bond donors (Lipinski definition) is 0. The van der Waals surface area contributed by atoms with Crippen LogP contribution < -0.4 is 0 Å². The van der Waals surface area contributed by atoms with E-state index in [4.69, 9.17) is 4.74 Å². The van der Waals surface area contributed by atoms with Gasteiger partial charge in [-0.2, -0.15) is 47.5 Å². The molecule has 4 aromatic rings. The van der Waals surface area contributed by atoms with Crippen LogP contribution in [0.3, 0.4) is 0 Å². The van der Waals surface area contributed by atoms with Crippen molar-refractivity contribution >= 4 is 5.97 Å². The molecule has 0 saturated carbocycles. The van der Waals surface area contributed by atoms with Gasteiger partial charge >= 0.3 is 34.1 Å². The molecule has 136 valence electrons. The van der Waals surface area contributed by atoms with Crippen LogP contribution in [0, 0.1) is 0 Å². The minimum atomic E-state index is -0.286. The predicted octanol–water partition coefficient (Wildman–Crippen LogP) is 5.38. The summed E-state index contributed by atoms with van der Waals surface area (Å²) in [5, 5.41) is 0. The number of esters is 1. The minimum absolute atomic E-state index is 0. The van der Waals surface area contributed by atoms with Gasteiger partial charge in [0.2, 0.25) is 5.97 Å². The third kappa shape index (κ3) is 7.86. The Kier molecular flexibility index (Phi) is 13.0. The molecule has 0 aliphatic carbocycles. The molecular weight excluding hydrogens is 408 g/mol. The Morgan fingerprint density at radius 3 is 1.73 bits per heavy atom. The van der Waals surface area contributed by atoms with E-state index in [0.29, 0.717) is 5.56 Å². The number of methoxy groups -OCH3 is 1. The zero-order chi connectivity index (χ0) is 17.0. The summed E-state index contributed by atoms with van der Waals surface area (Å²) < 4.78 is 4.69. The Hall–Kier alpha value is -2.09. The van der Waals surface area contributed by atoms with Crippen LogP contribution in [0.4, 0.5) is 0 Å². The molecule has 0 bridgehead atoms. The quantitative estimate of drug-likeness (QED) is 0.244. The number of rotatable bonds is 2. The monoisotopic (exact) mass is 428 g/mol. The van der Waals surface area contributed by atoms with Crippen LogP contribution in [0.1, 0.15) is 10.4 Å². The smallest absolute Gasteiger partial charge is 0.480 e. The van der Waals surface area contributed by atoms with Gasteiger partial charge in [-0.3, -0.25) is 16.4 Å². The summed E-state index contributed by atoms with van der Waals surface area (Å²) in [5.41, 5.74) is 2.61. The summed E-state index contributed by atoms with van der Waals surface area (Å²) in [6.07, 6.45) is 0. The average Bonchev–Trinajstić information content (AvgIpc) is 3.43. The first-order chi connectivity index (χ1) is 11.8. The Morgan fingerprint density at radius 2 is 1.35 bits per heavy atom. The van der Waals surface area contributed by atoms with Gasteiger partial charge in [0.1, 0.15) is 0 Å². The topological polar surface area (TPSA) is 26.3 Å². The van der Waals surface area contributed by atoms with Crippen LogP contribution in [0.25, 0.3) is 11.1 Å². The first kappa shape index (κ1) is 23.9. The van der Waals surface area contributed by atoms with Crippen molar-refractivity contribution in [3.05, 3.63) is 109 Å². The fourth-order valence-electron chi connectivity index (χ4n) is 2.15. The summed E-state index contributed by atoms with van der Waals surface area (Å²) in [6, 6.07) is 33.4. The maximum absolute atomic E-state index is 11.4. The summed E-state index contributed by atoms with van der Waals surface area (Å²) in [5.74, 6) is -0.286. The van der Waals surface area contributed by atoms with E-state index in [0.717, 1.165) is 11.1 Å². The van der Waals surface area contributed by atoms with E-state index >= 15 is 0 Å². The summed E-state index contributed by atoms with van der Waals surface area (Å²) in [4.78, 5) is 11.4. The van der Waals surface area contributed by atoms with E-state index in [9.17, 15) is 4.79 Å². The molecule has 0 saturated heterocycles. The molecule has 4 rings (SSSR count). The van der Waals surface area contributed by atoms with Crippen LogP contribution in [-0.4, -0.2) is 13.1 Å². The van der Waals surface area contributed by atoms with Gasteiger partial charge in [0.25, 0.3) is 0 Å². The molecule has 0 aromatic heterocycles. The molecule has 0 amide bonds. The van der Waals surface area contributed by atoms with E-state index < -0.39 is 0 Å². The van der Waals surface area contributed by atoms with Crippen molar-refractivity contribution in [1.29, 1.82) is 0 Å². The van der Waals surface area contributed by atoms with Crippen molar-refractivity contribution in [2.75, 3.05) is 7.11 Å². The minimum Gasteiger partial charge on any atom is -0.480 e. The van der Waals surface area contributed by atoms with Crippen LogP contribution >= 0.6 is 0 Å². The molecule has 0 heterocycles.